The molecular weight excluding hydrogens is 357 g/mol. The summed E-state index contributed by atoms with van der Waals surface area (Å²) in [5.41, 5.74) is 2.19. The molecular formula is C19H27Cl2N3O. The summed E-state index contributed by atoms with van der Waals surface area (Å²) in [5, 5.41) is 4.74. The first kappa shape index (κ1) is 19.0. The Bertz CT molecular complexity index is 613. The van der Waals surface area contributed by atoms with E-state index in [-0.39, 0.29) is 0 Å². The Labute approximate surface area is 160 Å². The molecule has 0 amide bonds. The molecule has 2 heterocycles. The Morgan fingerprint density at radius 3 is 2.64 bits per heavy atom. The smallest absolute Gasteiger partial charge is 0.145 e. The molecule has 4 nitrogen and oxygen atoms in total. The third kappa shape index (κ3) is 5.35. The Balaban J connectivity index is 1.37. The van der Waals surface area contributed by atoms with Crippen LogP contribution in [-0.2, 0) is 0 Å². The number of hydrogen-bond acceptors (Lipinski definition) is 4. The van der Waals surface area contributed by atoms with Gasteiger partial charge in [0, 0.05) is 43.3 Å². The van der Waals surface area contributed by atoms with E-state index in [2.05, 4.69) is 28.1 Å². The van der Waals surface area contributed by atoms with Crippen molar-refractivity contribution in [3.05, 3.63) is 33.3 Å². The van der Waals surface area contributed by atoms with E-state index in [1.807, 2.05) is 6.07 Å². The van der Waals surface area contributed by atoms with Crippen molar-refractivity contribution in [1.29, 1.82) is 0 Å². The van der Waals surface area contributed by atoms with Crippen LogP contribution in [0.25, 0.3) is 6.08 Å². The first-order chi connectivity index (χ1) is 12.2. The number of piperazine rings is 1. The highest BCUT2D eigenvalue weighted by molar-refractivity contribution is 6.36. The molecule has 2 aliphatic heterocycles. The van der Waals surface area contributed by atoms with Crippen molar-refractivity contribution < 1.29 is 4.74 Å². The van der Waals surface area contributed by atoms with Crippen LogP contribution in [0.15, 0.2) is 17.7 Å². The van der Waals surface area contributed by atoms with Gasteiger partial charge in [-0.25, -0.2) is 0 Å². The molecule has 0 saturated carbocycles. The maximum atomic E-state index is 6.17. The molecule has 0 radical (unpaired) electrons. The minimum Gasteiger partial charge on any atom is -0.487 e. The molecule has 1 fully saturated rings. The quantitative estimate of drug-likeness (QED) is 0.730. The number of likely N-dealkylation sites (N-methyl/N-ethyl adjacent to an activating group) is 1. The van der Waals surface area contributed by atoms with E-state index in [1.165, 1.54) is 51.3 Å². The van der Waals surface area contributed by atoms with E-state index in [0.29, 0.717) is 16.7 Å². The van der Waals surface area contributed by atoms with Crippen molar-refractivity contribution in [2.75, 3.05) is 59.0 Å². The van der Waals surface area contributed by atoms with Crippen molar-refractivity contribution in [3.63, 3.8) is 0 Å². The Hall–Kier alpha value is -0.780. The first-order valence-electron chi connectivity index (χ1n) is 9.12. The van der Waals surface area contributed by atoms with Gasteiger partial charge in [-0.05, 0) is 49.8 Å². The lowest BCUT2D eigenvalue weighted by molar-refractivity contribution is 0.136. The van der Waals surface area contributed by atoms with Crippen LogP contribution in [0.4, 0.5) is 0 Å². The monoisotopic (exact) mass is 383 g/mol. The van der Waals surface area contributed by atoms with Gasteiger partial charge in [-0.2, -0.15) is 0 Å². The van der Waals surface area contributed by atoms with E-state index >= 15 is 0 Å². The molecule has 0 spiro atoms. The van der Waals surface area contributed by atoms with E-state index in [4.69, 9.17) is 27.9 Å². The van der Waals surface area contributed by atoms with Crippen LogP contribution in [-0.4, -0.2) is 68.8 Å². The molecule has 0 bridgehead atoms. The van der Waals surface area contributed by atoms with Crippen LogP contribution in [0.1, 0.15) is 18.9 Å². The van der Waals surface area contributed by atoms with Crippen molar-refractivity contribution in [1.82, 2.24) is 15.1 Å². The predicted octanol–water partition coefficient (Wildman–Crippen LogP) is 3.39. The zero-order chi connectivity index (χ0) is 17.6. The highest BCUT2D eigenvalue weighted by atomic mass is 35.5. The fourth-order valence-corrected chi connectivity index (χ4v) is 3.94. The average molecular weight is 384 g/mol. The van der Waals surface area contributed by atoms with Gasteiger partial charge in [-0.3, -0.25) is 0 Å². The van der Waals surface area contributed by atoms with Gasteiger partial charge in [0.15, 0.2) is 0 Å². The van der Waals surface area contributed by atoms with E-state index in [9.17, 15) is 0 Å². The average Bonchev–Trinajstić information content (AvgIpc) is 2.61. The van der Waals surface area contributed by atoms with Crippen LogP contribution < -0.4 is 10.1 Å². The van der Waals surface area contributed by atoms with Gasteiger partial charge < -0.3 is 19.9 Å². The first-order valence-corrected chi connectivity index (χ1v) is 9.88. The summed E-state index contributed by atoms with van der Waals surface area (Å²) >= 11 is 12.2. The lowest BCUT2D eigenvalue weighted by atomic mass is 10.1. The molecule has 1 aromatic carbocycles. The number of rotatable bonds is 7. The summed E-state index contributed by atoms with van der Waals surface area (Å²) in [4.78, 5) is 5.08. The molecule has 1 aromatic rings. The van der Waals surface area contributed by atoms with E-state index < -0.39 is 0 Å². The Morgan fingerprint density at radius 2 is 1.88 bits per heavy atom. The fourth-order valence-electron chi connectivity index (χ4n) is 3.37. The predicted molar refractivity (Wildman–Crippen MR) is 106 cm³/mol. The lowest BCUT2D eigenvalue weighted by Crippen LogP contribution is -2.46. The van der Waals surface area contributed by atoms with Crippen molar-refractivity contribution >= 4 is 29.3 Å². The summed E-state index contributed by atoms with van der Waals surface area (Å²) in [6.45, 7) is 11.8. The van der Waals surface area contributed by atoms with Crippen molar-refractivity contribution in [3.8, 4) is 5.75 Å². The van der Waals surface area contributed by atoms with Crippen LogP contribution in [0.3, 0.4) is 0 Å². The van der Waals surface area contributed by atoms with E-state index in [1.54, 1.807) is 6.07 Å². The molecule has 2 aliphatic rings. The fraction of sp³-hybridized carbons (Fsp3) is 0.579. The van der Waals surface area contributed by atoms with Crippen molar-refractivity contribution in [2.45, 2.75) is 13.3 Å². The molecule has 6 heteroatoms. The van der Waals surface area contributed by atoms with Crippen LogP contribution in [0.5, 0.6) is 5.75 Å². The molecule has 1 saturated heterocycles. The van der Waals surface area contributed by atoms with E-state index in [0.717, 1.165) is 24.4 Å². The number of fused-ring (bicyclic) bond motifs is 1. The summed E-state index contributed by atoms with van der Waals surface area (Å²) in [6, 6.07) is 3.62. The van der Waals surface area contributed by atoms with Gasteiger partial charge in [0.2, 0.25) is 0 Å². The van der Waals surface area contributed by atoms with Crippen molar-refractivity contribution in [2.24, 2.45) is 0 Å². The van der Waals surface area contributed by atoms with Gasteiger partial charge in [0.05, 0.1) is 5.02 Å². The lowest BCUT2D eigenvalue weighted by Gasteiger charge is -2.34. The minimum atomic E-state index is 0.578. The molecule has 1 N–H and O–H groups in total. The number of halogens is 2. The molecule has 25 heavy (non-hydrogen) atoms. The topological polar surface area (TPSA) is 27.7 Å². The number of ether oxygens (including phenoxy) is 1. The maximum absolute atomic E-state index is 6.17. The number of hydrogen-bond donors (Lipinski definition) is 1. The summed E-state index contributed by atoms with van der Waals surface area (Å²) in [7, 11) is 0. The number of nitrogens with zero attached hydrogens (tertiary/aromatic N) is 2. The SMILES string of the molecule is CCN1CCN(CCCNCC2=Cc3cc(Cl)cc(Cl)c3OC2)CC1. The zero-order valence-electron chi connectivity index (χ0n) is 14.9. The standard InChI is InChI=1S/C19H27Cl2N3O/c1-2-23-6-8-24(9-7-23)5-3-4-22-13-15-10-16-11-17(20)12-18(21)19(16)25-14-15/h10-12,22H,2-9,13-14H2,1H3. The highest BCUT2D eigenvalue weighted by Gasteiger charge is 2.16. The Kier molecular flexibility index (Phi) is 7.02. The molecule has 0 atom stereocenters. The summed E-state index contributed by atoms with van der Waals surface area (Å²) < 4.78 is 5.78. The summed E-state index contributed by atoms with van der Waals surface area (Å²) in [5.74, 6) is 0.737. The molecule has 0 unspecified atom stereocenters. The molecule has 3 rings (SSSR count). The summed E-state index contributed by atoms with van der Waals surface area (Å²) in [6.07, 6.45) is 3.31. The minimum absolute atomic E-state index is 0.578. The number of benzene rings is 1. The van der Waals surface area contributed by atoms with Crippen LogP contribution >= 0.6 is 23.2 Å². The van der Waals surface area contributed by atoms with Gasteiger partial charge >= 0.3 is 0 Å². The zero-order valence-corrected chi connectivity index (χ0v) is 16.4. The maximum Gasteiger partial charge on any atom is 0.145 e. The molecule has 0 aromatic heterocycles. The third-order valence-electron chi connectivity index (χ3n) is 4.89. The second-order valence-corrected chi connectivity index (χ2v) is 7.55. The van der Waals surface area contributed by atoms with Crippen LogP contribution in [0.2, 0.25) is 10.0 Å². The second kappa shape index (κ2) is 9.24. The van der Waals surface area contributed by atoms with Gasteiger partial charge in [-0.15, -0.1) is 0 Å². The van der Waals surface area contributed by atoms with Crippen LogP contribution in [0, 0.1) is 0 Å². The van der Waals surface area contributed by atoms with Gasteiger partial charge in [0.1, 0.15) is 12.4 Å². The van der Waals surface area contributed by atoms with Gasteiger partial charge in [-0.1, -0.05) is 30.1 Å². The molecule has 0 aliphatic carbocycles. The largest absolute Gasteiger partial charge is 0.487 e. The van der Waals surface area contributed by atoms with Gasteiger partial charge in [0.25, 0.3) is 0 Å². The normalized spacial score (nSPS) is 18.6. The molecule has 138 valence electrons. The third-order valence-corrected chi connectivity index (χ3v) is 5.39. The Morgan fingerprint density at radius 1 is 1.12 bits per heavy atom. The second-order valence-electron chi connectivity index (χ2n) is 6.70. The number of nitrogens with one attached hydrogen (secondary N) is 1. The highest BCUT2D eigenvalue weighted by Crippen LogP contribution is 2.36.